The number of aryl methyl sites for hydroxylation is 1. The zero-order valence-electron chi connectivity index (χ0n) is 13.7. The van der Waals surface area contributed by atoms with Crippen LogP contribution in [0.4, 0.5) is 0 Å². The average Bonchev–Trinajstić information content (AvgIpc) is 2.54. The summed E-state index contributed by atoms with van der Waals surface area (Å²) in [6.45, 7) is 6.46. The standard InChI is InChI=1S/C18H21NO4/c1-4-21-15-11-13(3)19-17(16(15)18(20)22-5-2)23-12-14-9-7-6-8-10-14/h6-11H,4-5,12H2,1-3H3. The van der Waals surface area contributed by atoms with Crippen LogP contribution in [0.3, 0.4) is 0 Å². The molecule has 1 aromatic carbocycles. The van der Waals surface area contributed by atoms with Crippen molar-refractivity contribution >= 4 is 5.97 Å². The van der Waals surface area contributed by atoms with Gasteiger partial charge in [0.1, 0.15) is 12.4 Å². The topological polar surface area (TPSA) is 57.7 Å². The minimum Gasteiger partial charge on any atom is -0.493 e. The summed E-state index contributed by atoms with van der Waals surface area (Å²) in [5, 5.41) is 0. The highest BCUT2D eigenvalue weighted by molar-refractivity contribution is 5.95. The lowest BCUT2D eigenvalue weighted by Gasteiger charge is -2.15. The summed E-state index contributed by atoms with van der Waals surface area (Å²) in [5.74, 6) is 0.170. The number of hydrogen-bond acceptors (Lipinski definition) is 5. The fourth-order valence-corrected chi connectivity index (χ4v) is 2.11. The number of carbonyl (C=O) groups excluding carboxylic acids is 1. The molecule has 0 radical (unpaired) electrons. The van der Waals surface area contributed by atoms with Crippen LogP contribution in [0.1, 0.15) is 35.5 Å². The van der Waals surface area contributed by atoms with Crippen molar-refractivity contribution in [2.45, 2.75) is 27.4 Å². The molecule has 0 atom stereocenters. The molecule has 0 aliphatic rings. The van der Waals surface area contributed by atoms with Gasteiger partial charge in [-0.05, 0) is 26.3 Å². The van der Waals surface area contributed by atoms with Crippen LogP contribution < -0.4 is 9.47 Å². The molecule has 122 valence electrons. The first kappa shape index (κ1) is 16.8. The minimum atomic E-state index is -0.494. The van der Waals surface area contributed by atoms with E-state index in [0.717, 1.165) is 5.56 Å². The SMILES string of the molecule is CCOC(=O)c1c(OCC)cc(C)nc1OCc1ccccc1. The molecule has 0 amide bonds. The molecule has 23 heavy (non-hydrogen) atoms. The smallest absolute Gasteiger partial charge is 0.347 e. The first-order valence-corrected chi connectivity index (χ1v) is 7.64. The molecule has 5 nitrogen and oxygen atoms in total. The van der Waals surface area contributed by atoms with Gasteiger partial charge in [0.05, 0.1) is 13.2 Å². The van der Waals surface area contributed by atoms with Gasteiger partial charge in [-0.3, -0.25) is 0 Å². The van der Waals surface area contributed by atoms with Gasteiger partial charge >= 0.3 is 5.97 Å². The second-order valence-electron chi connectivity index (χ2n) is 4.87. The van der Waals surface area contributed by atoms with E-state index in [2.05, 4.69) is 4.98 Å². The molecule has 0 aliphatic carbocycles. The van der Waals surface area contributed by atoms with Gasteiger partial charge in [0.2, 0.25) is 5.88 Å². The maximum atomic E-state index is 12.3. The first-order chi connectivity index (χ1) is 11.2. The van der Waals surface area contributed by atoms with Gasteiger partial charge in [-0.15, -0.1) is 0 Å². The molecule has 1 heterocycles. The van der Waals surface area contributed by atoms with Crippen LogP contribution in [0, 0.1) is 6.92 Å². The Hall–Kier alpha value is -2.56. The first-order valence-electron chi connectivity index (χ1n) is 7.64. The average molecular weight is 315 g/mol. The normalized spacial score (nSPS) is 10.2. The van der Waals surface area contributed by atoms with Crippen molar-refractivity contribution in [1.29, 1.82) is 0 Å². The van der Waals surface area contributed by atoms with E-state index in [9.17, 15) is 4.79 Å². The highest BCUT2D eigenvalue weighted by Crippen LogP contribution is 2.29. The van der Waals surface area contributed by atoms with Gasteiger partial charge < -0.3 is 14.2 Å². The summed E-state index contributed by atoms with van der Waals surface area (Å²) < 4.78 is 16.4. The molecule has 0 fully saturated rings. The van der Waals surface area contributed by atoms with E-state index >= 15 is 0 Å². The van der Waals surface area contributed by atoms with E-state index in [1.807, 2.05) is 44.2 Å². The van der Waals surface area contributed by atoms with E-state index in [-0.39, 0.29) is 18.1 Å². The molecule has 0 saturated carbocycles. The van der Waals surface area contributed by atoms with Crippen LogP contribution in [0.2, 0.25) is 0 Å². The van der Waals surface area contributed by atoms with Crippen molar-refractivity contribution in [3.63, 3.8) is 0 Å². The van der Waals surface area contributed by atoms with E-state index in [4.69, 9.17) is 14.2 Å². The number of aromatic nitrogens is 1. The second kappa shape index (κ2) is 8.17. The van der Waals surface area contributed by atoms with E-state index < -0.39 is 5.97 Å². The van der Waals surface area contributed by atoms with Crippen molar-refractivity contribution in [2.75, 3.05) is 13.2 Å². The molecule has 0 bridgehead atoms. The van der Waals surface area contributed by atoms with Crippen molar-refractivity contribution < 1.29 is 19.0 Å². The number of rotatable bonds is 7. The zero-order valence-corrected chi connectivity index (χ0v) is 13.7. The summed E-state index contributed by atoms with van der Waals surface area (Å²) in [5.41, 5.74) is 1.93. The van der Waals surface area contributed by atoms with E-state index in [1.54, 1.807) is 13.0 Å². The Kier molecular flexibility index (Phi) is 5.97. The molecular weight excluding hydrogens is 294 g/mol. The number of benzene rings is 1. The molecule has 0 aliphatic heterocycles. The predicted octanol–water partition coefficient (Wildman–Crippen LogP) is 3.54. The summed E-state index contributed by atoms with van der Waals surface area (Å²) in [4.78, 5) is 16.6. The third-order valence-electron chi connectivity index (χ3n) is 3.08. The van der Waals surface area contributed by atoms with Crippen LogP contribution in [0.25, 0.3) is 0 Å². The van der Waals surface area contributed by atoms with Crippen molar-refractivity contribution in [1.82, 2.24) is 4.98 Å². The molecule has 2 aromatic rings. The highest BCUT2D eigenvalue weighted by Gasteiger charge is 2.22. The third-order valence-corrected chi connectivity index (χ3v) is 3.08. The Labute approximate surface area is 136 Å². The van der Waals surface area contributed by atoms with Crippen LogP contribution in [0.5, 0.6) is 11.6 Å². The number of nitrogens with zero attached hydrogens (tertiary/aromatic N) is 1. The Bertz CT molecular complexity index is 656. The highest BCUT2D eigenvalue weighted by atomic mass is 16.5. The van der Waals surface area contributed by atoms with Gasteiger partial charge in [-0.1, -0.05) is 30.3 Å². The Morgan fingerprint density at radius 3 is 2.48 bits per heavy atom. The molecular formula is C18H21NO4. The van der Waals surface area contributed by atoms with E-state index in [1.165, 1.54) is 0 Å². The van der Waals surface area contributed by atoms with Crippen LogP contribution in [0.15, 0.2) is 36.4 Å². The van der Waals surface area contributed by atoms with Gasteiger partial charge in [-0.25, -0.2) is 9.78 Å². The number of esters is 1. The van der Waals surface area contributed by atoms with E-state index in [0.29, 0.717) is 24.7 Å². The quantitative estimate of drug-likeness (QED) is 0.731. The third kappa shape index (κ3) is 4.45. The van der Waals surface area contributed by atoms with Gasteiger partial charge in [-0.2, -0.15) is 0 Å². The Morgan fingerprint density at radius 1 is 1.09 bits per heavy atom. The lowest BCUT2D eigenvalue weighted by Crippen LogP contribution is -2.12. The summed E-state index contributed by atoms with van der Waals surface area (Å²) in [6, 6.07) is 11.4. The Morgan fingerprint density at radius 2 is 1.83 bits per heavy atom. The van der Waals surface area contributed by atoms with Crippen LogP contribution in [-0.4, -0.2) is 24.2 Å². The maximum Gasteiger partial charge on any atom is 0.347 e. The number of ether oxygens (including phenoxy) is 3. The van der Waals surface area contributed by atoms with Gasteiger partial charge in [0.15, 0.2) is 5.56 Å². The van der Waals surface area contributed by atoms with Gasteiger partial charge in [0, 0.05) is 11.8 Å². The number of hydrogen-bond donors (Lipinski definition) is 0. The predicted molar refractivity (Wildman–Crippen MR) is 86.9 cm³/mol. The second-order valence-corrected chi connectivity index (χ2v) is 4.87. The monoisotopic (exact) mass is 315 g/mol. The minimum absolute atomic E-state index is 0.232. The maximum absolute atomic E-state index is 12.3. The van der Waals surface area contributed by atoms with Crippen molar-refractivity contribution in [2.24, 2.45) is 0 Å². The molecule has 5 heteroatoms. The molecule has 0 spiro atoms. The Balaban J connectivity index is 2.33. The fraction of sp³-hybridized carbons (Fsp3) is 0.333. The van der Waals surface area contributed by atoms with Gasteiger partial charge in [0.25, 0.3) is 0 Å². The number of carbonyl (C=O) groups is 1. The lowest BCUT2D eigenvalue weighted by molar-refractivity contribution is 0.0515. The molecule has 0 unspecified atom stereocenters. The molecule has 0 saturated heterocycles. The summed E-state index contributed by atoms with van der Waals surface area (Å²) >= 11 is 0. The van der Waals surface area contributed by atoms with Crippen molar-refractivity contribution in [3.05, 3.63) is 53.2 Å². The van der Waals surface area contributed by atoms with Crippen molar-refractivity contribution in [3.8, 4) is 11.6 Å². The summed E-state index contributed by atoms with van der Waals surface area (Å²) in [6.07, 6.45) is 0. The zero-order chi connectivity index (χ0) is 16.7. The number of pyridine rings is 1. The van der Waals surface area contributed by atoms with Crippen LogP contribution in [-0.2, 0) is 11.3 Å². The fourth-order valence-electron chi connectivity index (χ4n) is 2.11. The van der Waals surface area contributed by atoms with Crippen LogP contribution >= 0.6 is 0 Å². The molecule has 1 aromatic heterocycles. The molecule has 2 rings (SSSR count). The largest absolute Gasteiger partial charge is 0.493 e. The summed E-state index contributed by atoms with van der Waals surface area (Å²) in [7, 11) is 0. The molecule has 0 N–H and O–H groups in total. The lowest BCUT2D eigenvalue weighted by atomic mass is 10.2.